The Hall–Kier alpha value is -1.93. The number of hydrogen-bond acceptors (Lipinski definition) is 7. The Labute approximate surface area is 117 Å². The van der Waals surface area contributed by atoms with Crippen LogP contribution < -0.4 is 0 Å². The minimum Gasteiger partial charge on any atom is -0.266 e. The van der Waals surface area contributed by atoms with E-state index in [-0.39, 0.29) is 17.9 Å². The third-order valence-corrected chi connectivity index (χ3v) is 3.82. The minimum absolute atomic E-state index is 0.0529. The van der Waals surface area contributed by atoms with Gasteiger partial charge >= 0.3 is 0 Å². The summed E-state index contributed by atoms with van der Waals surface area (Å²) in [6.45, 7) is 3.50. The van der Waals surface area contributed by atoms with Crippen LogP contribution >= 0.6 is 0 Å². The molecule has 0 aliphatic carbocycles. The molecular weight excluding hydrogens is 280 g/mol. The summed E-state index contributed by atoms with van der Waals surface area (Å²) in [5, 5.41) is 15.0. The molecule has 2 rings (SSSR count). The summed E-state index contributed by atoms with van der Waals surface area (Å²) in [6.07, 6.45) is 0.228. The zero-order valence-corrected chi connectivity index (χ0v) is 12.0. The fourth-order valence-corrected chi connectivity index (χ4v) is 2.32. The van der Waals surface area contributed by atoms with E-state index in [2.05, 4.69) is 20.4 Å². The predicted octanol–water partition coefficient (Wildman–Crippen LogP) is 0.831. The van der Waals surface area contributed by atoms with E-state index in [0.29, 0.717) is 11.6 Å². The van der Waals surface area contributed by atoms with Crippen LogP contribution in [0.5, 0.6) is 0 Å². The summed E-state index contributed by atoms with van der Waals surface area (Å²) in [6, 6.07) is 6.45. The van der Waals surface area contributed by atoms with Crippen molar-refractivity contribution in [1.82, 2.24) is 20.4 Å². The van der Waals surface area contributed by atoms with Crippen molar-refractivity contribution in [3.63, 3.8) is 0 Å². The van der Waals surface area contributed by atoms with Gasteiger partial charge in [-0.2, -0.15) is 8.42 Å². The molecule has 106 valence electrons. The quantitative estimate of drug-likeness (QED) is 0.754. The average Bonchev–Trinajstić information content (AvgIpc) is 2.41. The van der Waals surface area contributed by atoms with Gasteiger partial charge in [-0.1, -0.05) is 17.7 Å². The molecule has 7 nitrogen and oxygen atoms in total. The molecule has 1 aromatic heterocycles. The van der Waals surface area contributed by atoms with E-state index in [0.717, 1.165) is 5.56 Å². The number of aryl methyl sites for hydroxylation is 2. The van der Waals surface area contributed by atoms with Crippen LogP contribution in [0.15, 0.2) is 29.2 Å². The molecule has 0 bridgehead atoms. The van der Waals surface area contributed by atoms with Crippen LogP contribution in [0.25, 0.3) is 0 Å². The van der Waals surface area contributed by atoms with Crippen LogP contribution in [0, 0.1) is 13.8 Å². The Morgan fingerprint density at radius 3 is 2.20 bits per heavy atom. The Bertz CT molecular complexity index is 669. The van der Waals surface area contributed by atoms with Crippen LogP contribution in [0.3, 0.4) is 0 Å². The lowest BCUT2D eigenvalue weighted by Crippen LogP contribution is -2.11. The van der Waals surface area contributed by atoms with E-state index in [1.54, 1.807) is 19.1 Å². The van der Waals surface area contributed by atoms with Crippen molar-refractivity contribution in [2.75, 3.05) is 6.61 Å². The van der Waals surface area contributed by atoms with Gasteiger partial charge in [-0.05, 0) is 26.0 Å². The Balaban J connectivity index is 1.96. The highest BCUT2D eigenvalue weighted by atomic mass is 32.2. The molecule has 2 aromatic rings. The second kappa shape index (κ2) is 6.02. The van der Waals surface area contributed by atoms with Gasteiger partial charge in [-0.15, -0.1) is 20.4 Å². The molecule has 0 amide bonds. The van der Waals surface area contributed by atoms with Gasteiger partial charge in [-0.3, -0.25) is 4.18 Å². The van der Waals surface area contributed by atoms with Crippen molar-refractivity contribution < 1.29 is 12.6 Å². The number of nitrogens with zero attached hydrogens (tertiary/aromatic N) is 4. The topological polar surface area (TPSA) is 94.9 Å². The SMILES string of the molecule is Cc1ccc(S(=O)(=O)OCCc2nnc(C)nn2)cc1. The van der Waals surface area contributed by atoms with Crippen LogP contribution in [-0.4, -0.2) is 35.4 Å². The maximum Gasteiger partial charge on any atom is 0.296 e. The van der Waals surface area contributed by atoms with Gasteiger partial charge in [0.25, 0.3) is 10.1 Å². The van der Waals surface area contributed by atoms with E-state index >= 15 is 0 Å². The first kappa shape index (κ1) is 14.5. The second-order valence-electron chi connectivity index (χ2n) is 4.20. The standard InChI is InChI=1S/C12H14N4O3S/c1-9-3-5-11(6-4-9)20(17,18)19-8-7-12-15-13-10(2)14-16-12/h3-6H,7-8H2,1-2H3. The van der Waals surface area contributed by atoms with E-state index in [9.17, 15) is 8.42 Å². The smallest absolute Gasteiger partial charge is 0.266 e. The zero-order chi connectivity index (χ0) is 14.6. The molecule has 0 saturated carbocycles. The first-order chi connectivity index (χ1) is 9.47. The molecule has 8 heteroatoms. The number of hydrogen-bond donors (Lipinski definition) is 0. The van der Waals surface area contributed by atoms with Gasteiger partial charge in [0.15, 0.2) is 11.6 Å². The Morgan fingerprint density at radius 1 is 1.00 bits per heavy atom. The lowest BCUT2D eigenvalue weighted by Gasteiger charge is -2.05. The maximum atomic E-state index is 11.9. The third-order valence-electron chi connectivity index (χ3n) is 2.49. The summed E-state index contributed by atoms with van der Waals surface area (Å²) in [7, 11) is -3.75. The van der Waals surface area contributed by atoms with Crippen LogP contribution in [0.4, 0.5) is 0 Å². The molecular formula is C12H14N4O3S. The molecule has 0 N–H and O–H groups in total. The van der Waals surface area contributed by atoms with Gasteiger partial charge in [0.2, 0.25) is 0 Å². The van der Waals surface area contributed by atoms with Gasteiger partial charge < -0.3 is 0 Å². The molecule has 0 radical (unpaired) electrons. The van der Waals surface area contributed by atoms with Crippen LogP contribution in [0.1, 0.15) is 17.2 Å². The lowest BCUT2D eigenvalue weighted by atomic mass is 10.2. The van der Waals surface area contributed by atoms with Crippen molar-refractivity contribution in [2.24, 2.45) is 0 Å². The molecule has 0 aliphatic heterocycles. The molecule has 1 heterocycles. The fraction of sp³-hybridized carbons (Fsp3) is 0.333. The third kappa shape index (κ3) is 3.78. The Kier molecular flexibility index (Phi) is 4.35. The zero-order valence-electron chi connectivity index (χ0n) is 11.1. The highest BCUT2D eigenvalue weighted by molar-refractivity contribution is 7.86. The molecule has 20 heavy (non-hydrogen) atoms. The molecule has 1 aromatic carbocycles. The van der Waals surface area contributed by atoms with E-state index in [1.807, 2.05) is 6.92 Å². The molecule has 0 fully saturated rings. The number of aromatic nitrogens is 4. The first-order valence-electron chi connectivity index (χ1n) is 5.96. The monoisotopic (exact) mass is 294 g/mol. The number of benzene rings is 1. The fourth-order valence-electron chi connectivity index (χ4n) is 1.42. The largest absolute Gasteiger partial charge is 0.296 e. The van der Waals surface area contributed by atoms with Crippen LogP contribution in [0.2, 0.25) is 0 Å². The normalized spacial score (nSPS) is 11.5. The summed E-state index contributed by atoms with van der Waals surface area (Å²) >= 11 is 0. The van der Waals surface area contributed by atoms with Crippen molar-refractivity contribution in [1.29, 1.82) is 0 Å². The lowest BCUT2D eigenvalue weighted by molar-refractivity contribution is 0.318. The van der Waals surface area contributed by atoms with E-state index in [1.165, 1.54) is 12.1 Å². The van der Waals surface area contributed by atoms with Crippen molar-refractivity contribution in [3.8, 4) is 0 Å². The predicted molar refractivity (Wildman–Crippen MR) is 70.4 cm³/mol. The molecule has 0 spiro atoms. The van der Waals surface area contributed by atoms with Crippen molar-refractivity contribution in [2.45, 2.75) is 25.2 Å². The summed E-state index contributed by atoms with van der Waals surface area (Å²) < 4.78 is 28.7. The molecule has 0 unspecified atom stereocenters. The maximum absolute atomic E-state index is 11.9. The van der Waals surface area contributed by atoms with Gasteiger partial charge in [-0.25, -0.2) is 0 Å². The second-order valence-corrected chi connectivity index (χ2v) is 5.82. The number of rotatable bonds is 5. The van der Waals surface area contributed by atoms with Gasteiger partial charge in [0, 0.05) is 6.42 Å². The van der Waals surface area contributed by atoms with Crippen molar-refractivity contribution >= 4 is 10.1 Å². The highest BCUT2D eigenvalue weighted by Crippen LogP contribution is 2.13. The van der Waals surface area contributed by atoms with Gasteiger partial charge in [0.05, 0.1) is 11.5 Å². The minimum atomic E-state index is -3.75. The summed E-state index contributed by atoms with van der Waals surface area (Å²) in [5.74, 6) is 0.802. The molecule has 0 atom stereocenters. The first-order valence-corrected chi connectivity index (χ1v) is 7.37. The highest BCUT2D eigenvalue weighted by Gasteiger charge is 2.15. The van der Waals surface area contributed by atoms with E-state index < -0.39 is 10.1 Å². The summed E-state index contributed by atoms with van der Waals surface area (Å²) in [4.78, 5) is 0.129. The van der Waals surface area contributed by atoms with E-state index in [4.69, 9.17) is 4.18 Å². The van der Waals surface area contributed by atoms with Crippen LogP contribution in [-0.2, 0) is 20.7 Å². The van der Waals surface area contributed by atoms with Gasteiger partial charge in [0.1, 0.15) is 0 Å². The Morgan fingerprint density at radius 2 is 1.60 bits per heavy atom. The van der Waals surface area contributed by atoms with Crippen molar-refractivity contribution in [3.05, 3.63) is 41.5 Å². The molecule has 0 saturated heterocycles. The molecule has 0 aliphatic rings. The average molecular weight is 294 g/mol. The summed E-state index contributed by atoms with van der Waals surface area (Å²) in [5.41, 5.74) is 0.981.